The number of ether oxygens (including phenoxy) is 1. The number of imidazole rings is 1. The monoisotopic (exact) mass is 477 g/mol. The van der Waals surface area contributed by atoms with Gasteiger partial charge in [0.2, 0.25) is 0 Å². The van der Waals surface area contributed by atoms with Crippen LogP contribution in [0.25, 0.3) is 21.8 Å². The molecule has 4 nitrogen and oxygen atoms in total. The standard InChI is InChI=1S/C29H36ClN3O/c1-3-5-17-32(18-6-4-2)19-10-20-33-27-16-15-24(30)21-26(27)31-29(33)22-34-28-14-9-12-23-11-7-8-13-25(23)28/h7-9,11-16,21H,3-6,10,17-20,22H2,1-2H3. The van der Waals surface area contributed by atoms with Crippen molar-refractivity contribution in [3.63, 3.8) is 0 Å². The summed E-state index contributed by atoms with van der Waals surface area (Å²) in [5, 5.41) is 3.02. The Hall–Kier alpha value is -2.56. The molecule has 34 heavy (non-hydrogen) atoms. The smallest absolute Gasteiger partial charge is 0.148 e. The summed E-state index contributed by atoms with van der Waals surface area (Å²) in [6.07, 6.45) is 6.10. The van der Waals surface area contributed by atoms with Crippen LogP contribution in [0, 0.1) is 0 Å². The van der Waals surface area contributed by atoms with Gasteiger partial charge in [-0.3, -0.25) is 0 Å². The lowest BCUT2D eigenvalue weighted by molar-refractivity contribution is 0.254. The molecule has 0 fully saturated rings. The maximum atomic E-state index is 6.31. The van der Waals surface area contributed by atoms with Gasteiger partial charge in [0.05, 0.1) is 11.0 Å². The van der Waals surface area contributed by atoms with Crippen molar-refractivity contribution >= 4 is 33.4 Å². The fourth-order valence-corrected chi connectivity index (χ4v) is 4.69. The number of hydrogen-bond donors (Lipinski definition) is 0. The van der Waals surface area contributed by atoms with Gasteiger partial charge < -0.3 is 14.2 Å². The molecule has 0 atom stereocenters. The van der Waals surface area contributed by atoms with Gasteiger partial charge in [-0.2, -0.15) is 0 Å². The number of benzene rings is 3. The van der Waals surface area contributed by atoms with Gasteiger partial charge in [-0.05, 0) is 68.5 Å². The minimum Gasteiger partial charge on any atom is -0.485 e. The average molecular weight is 478 g/mol. The van der Waals surface area contributed by atoms with Crippen molar-refractivity contribution in [1.82, 2.24) is 14.5 Å². The Bertz CT molecular complexity index is 1190. The van der Waals surface area contributed by atoms with Gasteiger partial charge in [-0.15, -0.1) is 0 Å². The van der Waals surface area contributed by atoms with Crippen LogP contribution in [-0.2, 0) is 13.2 Å². The van der Waals surface area contributed by atoms with Crippen molar-refractivity contribution in [2.24, 2.45) is 0 Å². The summed E-state index contributed by atoms with van der Waals surface area (Å²) in [6, 6.07) is 20.5. The molecule has 5 heteroatoms. The first-order valence-corrected chi connectivity index (χ1v) is 13.0. The van der Waals surface area contributed by atoms with E-state index in [4.69, 9.17) is 21.3 Å². The third-order valence-corrected chi connectivity index (χ3v) is 6.64. The minimum atomic E-state index is 0.426. The predicted octanol–water partition coefficient (Wildman–Crippen LogP) is 7.71. The lowest BCUT2D eigenvalue weighted by Crippen LogP contribution is -2.28. The van der Waals surface area contributed by atoms with Gasteiger partial charge in [0, 0.05) is 17.0 Å². The molecule has 0 amide bonds. The molecule has 0 saturated heterocycles. The van der Waals surface area contributed by atoms with E-state index in [2.05, 4.69) is 59.7 Å². The van der Waals surface area contributed by atoms with Gasteiger partial charge in [-0.25, -0.2) is 4.98 Å². The highest BCUT2D eigenvalue weighted by Crippen LogP contribution is 2.27. The lowest BCUT2D eigenvalue weighted by atomic mass is 10.1. The van der Waals surface area contributed by atoms with Crippen LogP contribution in [0.4, 0.5) is 0 Å². The largest absolute Gasteiger partial charge is 0.485 e. The first kappa shape index (κ1) is 24.6. The van der Waals surface area contributed by atoms with Crippen molar-refractivity contribution in [2.75, 3.05) is 19.6 Å². The van der Waals surface area contributed by atoms with Crippen molar-refractivity contribution in [3.8, 4) is 5.75 Å². The number of unbranched alkanes of at least 4 members (excludes halogenated alkanes) is 2. The summed E-state index contributed by atoms with van der Waals surface area (Å²) in [4.78, 5) is 7.53. The fraction of sp³-hybridized carbons (Fsp3) is 0.414. The number of halogens is 1. The molecule has 0 bridgehead atoms. The SMILES string of the molecule is CCCCN(CCCC)CCCn1c(COc2cccc3ccccc23)nc2cc(Cl)ccc21. The molecule has 180 valence electrons. The zero-order valence-corrected chi connectivity index (χ0v) is 21.2. The molecular formula is C29H36ClN3O. The average Bonchev–Trinajstić information content (AvgIpc) is 3.20. The molecule has 0 aliphatic carbocycles. The molecule has 4 rings (SSSR count). The number of rotatable bonds is 13. The number of nitrogens with zero attached hydrogens (tertiary/aromatic N) is 3. The maximum Gasteiger partial charge on any atom is 0.148 e. The predicted molar refractivity (Wildman–Crippen MR) is 144 cm³/mol. The summed E-state index contributed by atoms with van der Waals surface area (Å²) in [5.41, 5.74) is 2.05. The van der Waals surface area contributed by atoms with Crippen LogP contribution in [0.2, 0.25) is 5.02 Å². The molecular weight excluding hydrogens is 442 g/mol. The molecule has 0 unspecified atom stereocenters. The summed E-state index contributed by atoms with van der Waals surface area (Å²) in [7, 11) is 0. The zero-order valence-electron chi connectivity index (χ0n) is 20.5. The zero-order chi connectivity index (χ0) is 23.8. The van der Waals surface area contributed by atoms with E-state index in [9.17, 15) is 0 Å². The van der Waals surface area contributed by atoms with Gasteiger partial charge in [0.25, 0.3) is 0 Å². The number of hydrogen-bond acceptors (Lipinski definition) is 3. The van der Waals surface area contributed by atoms with E-state index in [0.29, 0.717) is 11.6 Å². The summed E-state index contributed by atoms with van der Waals surface area (Å²) in [5.74, 6) is 1.83. The first-order chi connectivity index (χ1) is 16.7. The summed E-state index contributed by atoms with van der Waals surface area (Å²) < 4.78 is 8.63. The molecule has 1 heterocycles. The Labute approximate surface area is 208 Å². The Morgan fingerprint density at radius 3 is 2.41 bits per heavy atom. The van der Waals surface area contributed by atoms with Crippen LogP contribution in [0.5, 0.6) is 5.75 Å². The van der Waals surface area contributed by atoms with E-state index < -0.39 is 0 Å². The minimum absolute atomic E-state index is 0.426. The third kappa shape index (κ3) is 6.11. The highest BCUT2D eigenvalue weighted by molar-refractivity contribution is 6.31. The quantitative estimate of drug-likeness (QED) is 0.197. The lowest BCUT2D eigenvalue weighted by Gasteiger charge is -2.22. The second kappa shape index (κ2) is 12.2. The van der Waals surface area contributed by atoms with Gasteiger partial charge in [-0.1, -0.05) is 74.7 Å². The van der Waals surface area contributed by atoms with Gasteiger partial charge in [0.15, 0.2) is 0 Å². The van der Waals surface area contributed by atoms with Crippen LogP contribution in [0.3, 0.4) is 0 Å². The maximum absolute atomic E-state index is 6.31. The van der Waals surface area contributed by atoms with Crippen molar-refractivity contribution in [2.45, 2.75) is 59.1 Å². The van der Waals surface area contributed by atoms with Crippen molar-refractivity contribution in [3.05, 3.63) is 71.5 Å². The van der Waals surface area contributed by atoms with Gasteiger partial charge >= 0.3 is 0 Å². The second-order valence-electron chi connectivity index (χ2n) is 8.98. The Morgan fingerprint density at radius 2 is 1.62 bits per heavy atom. The molecule has 0 radical (unpaired) electrons. The van der Waals surface area contributed by atoms with Crippen LogP contribution in [0.1, 0.15) is 51.8 Å². The Balaban J connectivity index is 1.51. The van der Waals surface area contributed by atoms with E-state index in [0.717, 1.165) is 47.5 Å². The molecule has 0 saturated carbocycles. The van der Waals surface area contributed by atoms with E-state index in [1.807, 2.05) is 24.3 Å². The molecule has 1 aromatic heterocycles. The fourth-order valence-electron chi connectivity index (χ4n) is 4.53. The van der Waals surface area contributed by atoms with E-state index >= 15 is 0 Å². The van der Waals surface area contributed by atoms with Crippen LogP contribution in [-0.4, -0.2) is 34.1 Å². The molecule has 0 aliphatic heterocycles. The van der Waals surface area contributed by atoms with E-state index in [1.165, 1.54) is 44.2 Å². The Morgan fingerprint density at radius 1 is 0.882 bits per heavy atom. The Kier molecular flexibility index (Phi) is 8.84. The van der Waals surface area contributed by atoms with Crippen molar-refractivity contribution in [1.29, 1.82) is 0 Å². The van der Waals surface area contributed by atoms with E-state index in [-0.39, 0.29) is 0 Å². The van der Waals surface area contributed by atoms with E-state index in [1.54, 1.807) is 0 Å². The normalized spacial score (nSPS) is 11.6. The number of fused-ring (bicyclic) bond motifs is 2. The number of aromatic nitrogens is 2. The highest BCUT2D eigenvalue weighted by Gasteiger charge is 2.13. The van der Waals surface area contributed by atoms with Crippen molar-refractivity contribution < 1.29 is 4.74 Å². The molecule has 0 spiro atoms. The second-order valence-corrected chi connectivity index (χ2v) is 9.42. The molecule has 0 aliphatic rings. The van der Waals surface area contributed by atoms with Crippen LogP contribution >= 0.6 is 11.6 Å². The van der Waals surface area contributed by atoms with Gasteiger partial charge in [0.1, 0.15) is 18.2 Å². The van der Waals surface area contributed by atoms with Crippen LogP contribution in [0.15, 0.2) is 60.7 Å². The third-order valence-electron chi connectivity index (χ3n) is 6.41. The molecule has 4 aromatic rings. The number of aryl methyl sites for hydroxylation is 1. The molecule has 3 aromatic carbocycles. The molecule has 0 N–H and O–H groups in total. The highest BCUT2D eigenvalue weighted by atomic mass is 35.5. The summed E-state index contributed by atoms with van der Waals surface area (Å²) in [6.45, 7) is 9.36. The summed E-state index contributed by atoms with van der Waals surface area (Å²) >= 11 is 6.27. The topological polar surface area (TPSA) is 30.3 Å². The first-order valence-electron chi connectivity index (χ1n) is 12.7. The van der Waals surface area contributed by atoms with Crippen LogP contribution < -0.4 is 4.74 Å².